The summed E-state index contributed by atoms with van der Waals surface area (Å²) < 4.78 is 5.18. The molecule has 6 heteroatoms. The molecular formula is C19H21NO4S. The standard InChI is InChI=1S/C19H21NO4S/c1-11(19(22)23)20(14-6-7-14)18(21)17-10-16(12(2)25-17)13-4-8-15(24-3)9-5-13/h4-5,8-11,14H,6-7H2,1-3H3,(H,22,23). The van der Waals surface area contributed by atoms with Gasteiger partial charge in [-0.25, -0.2) is 4.79 Å². The predicted molar refractivity (Wildman–Crippen MR) is 97.3 cm³/mol. The quantitative estimate of drug-likeness (QED) is 0.852. The first-order valence-corrected chi connectivity index (χ1v) is 9.04. The molecule has 1 unspecified atom stereocenters. The van der Waals surface area contributed by atoms with Gasteiger partial charge in [-0.15, -0.1) is 11.3 Å². The fourth-order valence-corrected chi connectivity index (χ4v) is 3.89. The van der Waals surface area contributed by atoms with Crippen LogP contribution in [0.3, 0.4) is 0 Å². The van der Waals surface area contributed by atoms with Crippen molar-refractivity contribution in [3.05, 3.63) is 40.1 Å². The van der Waals surface area contributed by atoms with E-state index in [9.17, 15) is 14.7 Å². The van der Waals surface area contributed by atoms with Gasteiger partial charge in [-0.2, -0.15) is 0 Å². The van der Waals surface area contributed by atoms with Crippen LogP contribution in [0.5, 0.6) is 5.75 Å². The number of hydrogen-bond donors (Lipinski definition) is 1. The number of ether oxygens (including phenoxy) is 1. The van der Waals surface area contributed by atoms with Crippen LogP contribution in [-0.4, -0.2) is 41.1 Å². The number of thiophene rings is 1. The molecule has 0 bridgehead atoms. The molecule has 0 saturated heterocycles. The van der Waals surface area contributed by atoms with Crippen molar-refractivity contribution in [2.75, 3.05) is 7.11 Å². The van der Waals surface area contributed by atoms with Crippen LogP contribution in [0, 0.1) is 6.92 Å². The van der Waals surface area contributed by atoms with E-state index in [-0.39, 0.29) is 11.9 Å². The fourth-order valence-electron chi connectivity index (χ4n) is 2.90. The molecule has 1 fully saturated rings. The number of carboxylic acid groups (broad SMARTS) is 1. The van der Waals surface area contributed by atoms with Crippen molar-refractivity contribution in [1.82, 2.24) is 4.90 Å². The van der Waals surface area contributed by atoms with E-state index in [1.165, 1.54) is 16.2 Å². The maximum atomic E-state index is 12.9. The summed E-state index contributed by atoms with van der Waals surface area (Å²) in [6.45, 7) is 3.55. The largest absolute Gasteiger partial charge is 0.497 e. The van der Waals surface area contributed by atoms with Crippen LogP contribution in [0.15, 0.2) is 30.3 Å². The first kappa shape index (κ1) is 17.5. The Hall–Kier alpha value is -2.34. The smallest absolute Gasteiger partial charge is 0.326 e. The summed E-state index contributed by atoms with van der Waals surface area (Å²) in [6, 6.07) is 8.79. The monoisotopic (exact) mass is 359 g/mol. The number of nitrogens with zero attached hydrogens (tertiary/aromatic N) is 1. The van der Waals surface area contributed by atoms with E-state index in [4.69, 9.17) is 4.74 Å². The zero-order valence-corrected chi connectivity index (χ0v) is 15.3. The molecule has 1 aliphatic carbocycles. The van der Waals surface area contributed by atoms with Gasteiger partial charge < -0.3 is 14.7 Å². The molecule has 1 amide bonds. The number of carboxylic acids is 1. The number of methoxy groups -OCH3 is 1. The summed E-state index contributed by atoms with van der Waals surface area (Å²) in [5, 5.41) is 9.31. The summed E-state index contributed by atoms with van der Waals surface area (Å²) in [7, 11) is 1.62. The summed E-state index contributed by atoms with van der Waals surface area (Å²) in [5.41, 5.74) is 2.01. The minimum atomic E-state index is -0.969. The Morgan fingerprint density at radius 1 is 1.28 bits per heavy atom. The van der Waals surface area contributed by atoms with Crippen LogP contribution in [0.1, 0.15) is 34.3 Å². The molecule has 0 aliphatic heterocycles. The van der Waals surface area contributed by atoms with Crippen molar-refractivity contribution < 1.29 is 19.4 Å². The van der Waals surface area contributed by atoms with Crippen LogP contribution in [0.25, 0.3) is 11.1 Å². The minimum absolute atomic E-state index is 0.0467. The van der Waals surface area contributed by atoms with Crippen molar-refractivity contribution in [2.45, 2.75) is 38.8 Å². The second-order valence-electron chi connectivity index (χ2n) is 6.27. The van der Waals surface area contributed by atoms with Gasteiger partial charge in [0.1, 0.15) is 11.8 Å². The average Bonchev–Trinajstić information content (AvgIpc) is 3.36. The Balaban J connectivity index is 1.90. The molecule has 1 aromatic carbocycles. The van der Waals surface area contributed by atoms with E-state index in [1.54, 1.807) is 14.0 Å². The Labute approximate surface area is 150 Å². The summed E-state index contributed by atoms with van der Waals surface area (Å²) in [4.78, 5) is 27.4. The maximum absolute atomic E-state index is 12.9. The third-order valence-corrected chi connectivity index (χ3v) is 5.52. The Morgan fingerprint density at radius 3 is 2.44 bits per heavy atom. The van der Waals surface area contributed by atoms with E-state index >= 15 is 0 Å². The lowest BCUT2D eigenvalue weighted by Gasteiger charge is -2.25. The van der Waals surface area contributed by atoms with Gasteiger partial charge in [0.15, 0.2) is 0 Å². The fraction of sp³-hybridized carbons (Fsp3) is 0.368. The molecule has 1 aromatic heterocycles. The van der Waals surface area contributed by atoms with Gasteiger partial charge in [0.05, 0.1) is 12.0 Å². The van der Waals surface area contributed by atoms with Gasteiger partial charge in [0.25, 0.3) is 5.91 Å². The lowest BCUT2D eigenvalue weighted by Crippen LogP contribution is -2.44. The molecule has 3 rings (SSSR count). The molecule has 1 atom stereocenters. The molecule has 1 heterocycles. The molecule has 5 nitrogen and oxygen atoms in total. The maximum Gasteiger partial charge on any atom is 0.326 e. The van der Waals surface area contributed by atoms with Gasteiger partial charge in [0, 0.05) is 10.9 Å². The van der Waals surface area contributed by atoms with Gasteiger partial charge in [-0.05, 0) is 56.0 Å². The number of rotatable bonds is 6. The average molecular weight is 359 g/mol. The van der Waals surface area contributed by atoms with Gasteiger partial charge in [0.2, 0.25) is 0 Å². The SMILES string of the molecule is COc1ccc(-c2cc(C(=O)N(C3CC3)C(C)C(=O)O)sc2C)cc1. The third-order valence-electron chi connectivity index (χ3n) is 4.48. The number of aliphatic carboxylic acids is 1. The summed E-state index contributed by atoms with van der Waals surface area (Å²) >= 11 is 1.41. The second kappa shape index (κ2) is 6.88. The highest BCUT2D eigenvalue weighted by Crippen LogP contribution is 2.35. The van der Waals surface area contributed by atoms with Gasteiger partial charge in [-0.1, -0.05) is 12.1 Å². The molecular weight excluding hydrogens is 338 g/mol. The number of carbonyl (C=O) groups is 2. The number of hydrogen-bond acceptors (Lipinski definition) is 4. The van der Waals surface area contributed by atoms with E-state index in [0.29, 0.717) is 4.88 Å². The lowest BCUT2D eigenvalue weighted by molar-refractivity contribution is -0.141. The molecule has 0 spiro atoms. The van der Waals surface area contributed by atoms with E-state index in [2.05, 4.69) is 0 Å². The lowest BCUT2D eigenvalue weighted by atomic mass is 10.1. The van der Waals surface area contributed by atoms with Crippen molar-refractivity contribution in [3.8, 4) is 16.9 Å². The zero-order chi connectivity index (χ0) is 18.1. The number of aryl methyl sites for hydroxylation is 1. The van der Waals surface area contributed by atoms with Crippen LogP contribution in [0.2, 0.25) is 0 Å². The normalized spacial score (nSPS) is 14.8. The highest BCUT2D eigenvalue weighted by molar-refractivity contribution is 7.14. The van der Waals surface area contributed by atoms with Gasteiger partial charge in [-0.3, -0.25) is 4.79 Å². The Kier molecular flexibility index (Phi) is 4.81. The molecule has 1 saturated carbocycles. The topological polar surface area (TPSA) is 66.8 Å². The molecule has 132 valence electrons. The third kappa shape index (κ3) is 3.54. The second-order valence-corrected chi connectivity index (χ2v) is 7.52. The number of carbonyl (C=O) groups excluding carboxylic acids is 1. The summed E-state index contributed by atoms with van der Waals surface area (Å²) in [6.07, 6.45) is 1.75. The Morgan fingerprint density at radius 2 is 1.92 bits per heavy atom. The highest BCUT2D eigenvalue weighted by Gasteiger charge is 2.39. The van der Waals surface area contributed by atoms with Crippen molar-refractivity contribution in [1.29, 1.82) is 0 Å². The number of amides is 1. The van der Waals surface area contributed by atoms with Crippen LogP contribution >= 0.6 is 11.3 Å². The summed E-state index contributed by atoms with van der Waals surface area (Å²) in [5.74, 6) is -0.378. The molecule has 2 aromatic rings. The van der Waals surface area contributed by atoms with Crippen molar-refractivity contribution in [2.24, 2.45) is 0 Å². The zero-order valence-electron chi connectivity index (χ0n) is 14.5. The Bertz CT molecular complexity index is 792. The van der Waals surface area contributed by atoms with E-state index in [0.717, 1.165) is 34.6 Å². The van der Waals surface area contributed by atoms with Crippen molar-refractivity contribution in [3.63, 3.8) is 0 Å². The predicted octanol–water partition coefficient (Wildman–Crippen LogP) is 3.81. The number of benzene rings is 1. The minimum Gasteiger partial charge on any atom is -0.497 e. The van der Waals surface area contributed by atoms with Crippen LogP contribution < -0.4 is 4.74 Å². The van der Waals surface area contributed by atoms with Crippen LogP contribution in [-0.2, 0) is 4.79 Å². The molecule has 1 N–H and O–H groups in total. The first-order chi connectivity index (χ1) is 11.9. The van der Waals surface area contributed by atoms with E-state index < -0.39 is 12.0 Å². The van der Waals surface area contributed by atoms with Crippen molar-refractivity contribution >= 4 is 23.2 Å². The highest BCUT2D eigenvalue weighted by atomic mass is 32.1. The first-order valence-electron chi connectivity index (χ1n) is 8.22. The van der Waals surface area contributed by atoms with E-state index in [1.807, 2.05) is 37.3 Å². The molecule has 1 aliphatic rings. The van der Waals surface area contributed by atoms with Gasteiger partial charge >= 0.3 is 5.97 Å². The molecule has 0 radical (unpaired) electrons. The van der Waals surface area contributed by atoms with Crippen LogP contribution in [0.4, 0.5) is 0 Å². The molecule has 25 heavy (non-hydrogen) atoms.